The lowest BCUT2D eigenvalue weighted by molar-refractivity contribution is -0.116. The van der Waals surface area contributed by atoms with Crippen molar-refractivity contribution in [3.05, 3.63) is 93.5 Å². The van der Waals surface area contributed by atoms with E-state index in [4.69, 9.17) is 11.6 Å². The van der Waals surface area contributed by atoms with Gasteiger partial charge in [-0.15, -0.1) is 0 Å². The summed E-state index contributed by atoms with van der Waals surface area (Å²) in [6.45, 7) is 1.79. The third-order valence-corrected chi connectivity index (χ3v) is 5.50. The van der Waals surface area contributed by atoms with Gasteiger partial charge in [0.25, 0.3) is 5.56 Å². The first kappa shape index (κ1) is 21.6. The molecule has 3 aromatic heterocycles. The van der Waals surface area contributed by atoms with E-state index in [2.05, 4.69) is 25.5 Å². The second-order valence-corrected chi connectivity index (χ2v) is 8.22. The Bertz CT molecular complexity index is 1550. The number of nitrogens with zero attached hydrogens (tertiary/aromatic N) is 5. The van der Waals surface area contributed by atoms with Crippen LogP contribution in [0.5, 0.6) is 0 Å². The quantitative estimate of drug-likeness (QED) is 0.389. The molecule has 34 heavy (non-hydrogen) atoms. The van der Waals surface area contributed by atoms with Gasteiger partial charge < -0.3 is 5.32 Å². The van der Waals surface area contributed by atoms with E-state index in [1.807, 2.05) is 36.4 Å². The fraction of sp³-hybridized carbons (Fsp3) is 0.125. The van der Waals surface area contributed by atoms with Gasteiger partial charge in [0.1, 0.15) is 11.2 Å². The van der Waals surface area contributed by atoms with Crippen LogP contribution in [0.4, 0.5) is 5.82 Å². The number of anilines is 1. The van der Waals surface area contributed by atoms with Crippen LogP contribution in [0.25, 0.3) is 22.7 Å². The molecule has 0 fully saturated rings. The Hall–Kier alpha value is -4.24. The molecule has 0 aliphatic carbocycles. The first-order valence-corrected chi connectivity index (χ1v) is 11.0. The molecule has 0 atom stereocenters. The van der Waals surface area contributed by atoms with Gasteiger partial charge in [-0.3, -0.25) is 14.6 Å². The molecular formula is C24H20ClN7O2. The molecular weight excluding hydrogens is 454 g/mol. The number of aryl methyl sites for hydroxylation is 2. The number of aromatic amines is 1. The smallest absolute Gasteiger partial charge is 0.263 e. The molecule has 3 heterocycles. The molecule has 0 saturated heterocycles. The van der Waals surface area contributed by atoms with Gasteiger partial charge in [0, 0.05) is 17.5 Å². The minimum Gasteiger partial charge on any atom is -0.310 e. The average molecular weight is 474 g/mol. The normalized spacial score (nSPS) is 11.1. The molecule has 170 valence electrons. The molecule has 1 amide bonds. The van der Waals surface area contributed by atoms with E-state index in [0.29, 0.717) is 46.1 Å². The maximum atomic E-state index is 12.8. The predicted octanol–water partition coefficient (Wildman–Crippen LogP) is 3.83. The van der Waals surface area contributed by atoms with Crippen LogP contribution in [0.2, 0.25) is 5.02 Å². The zero-order valence-corrected chi connectivity index (χ0v) is 19.0. The molecule has 0 bridgehead atoms. The fourth-order valence-corrected chi connectivity index (χ4v) is 3.85. The largest absolute Gasteiger partial charge is 0.310 e. The summed E-state index contributed by atoms with van der Waals surface area (Å²) >= 11 is 6.12. The third kappa shape index (κ3) is 4.33. The van der Waals surface area contributed by atoms with E-state index >= 15 is 0 Å². The molecule has 10 heteroatoms. The standard InChI is InChI=1S/C24H20ClN7O2/c1-15-12-20(27-21(33)11-10-16-6-3-2-4-7-16)32(30-15)24-28-22-19(23(34)29-24)14-26-31(22)18-9-5-8-17(25)13-18/h2-9,12-14H,10-11H2,1H3,(H,27,33)(H,28,29,34). The van der Waals surface area contributed by atoms with Crippen molar-refractivity contribution in [1.82, 2.24) is 29.5 Å². The highest BCUT2D eigenvalue weighted by Gasteiger charge is 2.17. The maximum absolute atomic E-state index is 12.8. The minimum atomic E-state index is -0.372. The Kier molecular flexibility index (Phi) is 5.69. The lowest BCUT2D eigenvalue weighted by Crippen LogP contribution is -2.19. The molecule has 0 aliphatic rings. The second-order valence-electron chi connectivity index (χ2n) is 7.78. The van der Waals surface area contributed by atoms with Crippen molar-refractivity contribution >= 4 is 34.4 Å². The van der Waals surface area contributed by atoms with E-state index in [1.54, 1.807) is 31.2 Å². The molecule has 0 radical (unpaired) electrons. The molecule has 0 aliphatic heterocycles. The number of carbonyl (C=O) groups excluding carboxylic acids is 1. The maximum Gasteiger partial charge on any atom is 0.263 e. The first-order valence-electron chi connectivity index (χ1n) is 10.6. The topological polar surface area (TPSA) is 110 Å². The van der Waals surface area contributed by atoms with Gasteiger partial charge in [0.15, 0.2) is 5.65 Å². The van der Waals surface area contributed by atoms with E-state index in [9.17, 15) is 9.59 Å². The Morgan fingerprint density at radius 3 is 2.71 bits per heavy atom. The molecule has 0 unspecified atom stereocenters. The minimum absolute atomic E-state index is 0.160. The van der Waals surface area contributed by atoms with Crippen molar-refractivity contribution in [2.75, 3.05) is 5.32 Å². The van der Waals surface area contributed by atoms with Crippen LogP contribution in [-0.4, -0.2) is 35.4 Å². The summed E-state index contributed by atoms with van der Waals surface area (Å²) in [5, 5.41) is 12.5. The van der Waals surface area contributed by atoms with Crippen molar-refractivity contribution in [2.24, 2.45) is 0 Å². The number of nitrogens with one attached hydrogen (secondary N) is 2. The summed E-state index contributed by atoms with van der Waals surface area (Å²) in [6, 6.07) is 18.6. The lowest BCUT2D eigenvalue weighted by Gasteiger charge is -2.09. The van der Waals surface area contributed by atoms with Gasteiger partial charge in [-0.2, -0.15) is 19.9 Å². The van der Waals surface area contributed by atoms with Gasteiger partial charge in [-0.05, 0) is 37.1 Å². The summed E-state index contributed by atoms with van der Waals surface area (Å²) in [4.78, 5) is 32.7. The van der Waals surface area contributed by atoms with Crippen LogP contribution >= 0.6 is 11.6 Å². The molecule has 0 saturated carbocycles. The number of rotatable bonds is 6. The van der Waals surface area contributed by atoms with Crippen LogP contribution in [0.1, 0.15) is 17.7 Å². The number of hydrogen-bond donors (Lipinski definition) is 2. The van der Waals surface area contributed by atoms with Crippen LogP contribution in [0.15, 0.2) is 71.7 Å². The summed E-state index contributed by atoms with van der Waals surface area (Å²) in [5.41, 5.74) is 2.37. The highest BCUT2D eigenvalue weighted by atomic mass is 35.5. The predicted molar refractivity (Wildman–Crippen MR) is 130 cm³/mol. The van der Waals surface area contributed by atoms with E-state index in [0.717, 1.165) is 5.56 Å². The highest BCUT2D eigenvalue weighted by Crippen LogP contribution is 2.20. The first-order chi connectivity index (χ1) is 16.5. The van der Waals surface area contributed by atoms with Crippen molar-refractivity contribution in [2.45, 2.75) is 19.8 Å². The molecule has 2 aromatic carbocycles. The molecule has 2 N–H and O–H groups in total. The lowest BCUT2D eigenvalue weighted by atomic mass is 10.1. The van der Waals surface area contributed by atoms with Crippen LogP contribution in [-0.2, 0) is 11.2 Å². The molecule has 5 rings (SSSR count). The average Bonchev–Trinajstić information content (AvgIpc) is 3.42. The summed E-state index contributed by atoms with van der Waals surface area (Å²) in [7, 11) is 0. The van der Waals surface area contributed by atoms with E-state index < -0.39 is 0 Å². The number of amides is 1. The number of fused-ring (bicyclic) bond motifs is 1. The number of H-pyrrole nitrogens is 1. The van der Waals surface area contributed by atoms with Gasteiger partial charge in [-0.1, -0.05) is 48.0 Å². The fourth-order valence-electron chi connectivity index (χ4n) is 3.66. The second kappa shape index (κ2) is 8.95. The Balaban J connectivity index is 1.48. The van der Waals surface area contributed by atoms with Crippen LogP contribution < -0.4 is 10.9 Å². The Morgan fingerprint density at radius 2 is 1.91 bits per heavy atom. The summed E-state index contributed by atoms with van der Waals surface area (Å²) < 4.78 is 2.94. The number of halogens is 1. The monoisotopic (exact) mass is 473 g/mol. The van der Waals surface area contributed by atoms with Crippen molar-refractivity contribution < 1.29 is 4.79 Å². The molecule has 0 spiro atoms. The molecule has 5 aromatic rings. The van der Waals surface area contributed by atoms with Gasteiger partial charge in [0.05, 0.1) is 17.6 Å². The summed E-state index contributed by atoms with van der Waals surface area (Å²) in [5.74, 6) is 0.400. The van der Waals surface area contributed by atoms with Gasteiger partial charge in [0.2, 0.25) is 11.9 Å². The number of aromatic nitrogens is 6. The molecule has 9 nitrogen and oxygen atoms in total. The van der Waals surface area contributed by atoms with Crippen molar-refractivity contribution in [1.29, 1.82) is 0 Å². The van der Waals surface area contributed by atoms with E-state index in [1.165, 1.54) is 15.6 Å². The van der Waals surface area contributed by atoms with Crippen LogP contribution in [0.3, 0.4) is 0 Å². The number of carbonyl (C=O) groups is 1. The Morgan fingerprint density at radius 1 is 1.09 bits per heavy atom. The zero-order valence-electron chi connectivity index (χ0n) is 18.2. The van der Waals surface area contributed by atoms with Crippen LogP contribution in [0, 0.1) is 6.92 Å². The highest BCUT2D eigenvalue weighted by molar-refractivity contribution is 6.30. The number of hydrogen-bond acceptors (Lipinski definition) is 5. The van der Waals surface area contributed by atoms with E-state index in [-0.39, 0.29) is 17.4 Å². The Labute approximate surface area is 199 Å². The van der Waals surface area contributed by atoms with Crippen molar-refractivity contribution in [3.8, 4) is 11.6 Å². The summed E-state index contributed by atoms with van der Waals surface area (Å²) in [6.07, 6.45) is 2.37. The van der Waals surface area contributed by atoms with Gasteiger partial charge >= 0.3 is 0 Å². The van der Waals surface area contributed by atoms with Gasteiger partial charge in [-0.25, -0.2) is 4.68 Å². The SMILES string of the molecule is Cc1cc(NC(=O)CCc2ccccc2)n(-c2nc3c(cnn3-c3cccc(Cl)c3)c(=O)[nH]2)n1. The zero-order chi connectivity index (χ0) is 23.7. The number of benzene rings is 2. The third-order valence-electron chi connectivity index (χ3n) is 5.26. The van der Waals surface area contributed by atoms with Crippen molar-refractivity contribution in [3.63, 3.8) is 0 Å².